The second-order valence-corrected chi connectivity index (χ2v) is 4.78. The minimum atomic E-state index is 0. The monoisotopic (exact) mass is 297 g/mol. The zero-order chi connectivity index (χ0) is 11.4. The van der Waals surface area contributed by atoms with E-state index in [-0.39, 0.29) is 30.7 Å². The Balaban J connectivity index is 0.00000144. The van der Waals surface area contributed by atoms with Crippen molar-refractivity contribution in [2.75, 3.05) is 45.8 Å². The van der Waals surface area contributed by atoms with Crippen molar-refractivity contribution in [3.8, 4) is 0 Å². The molecule has 2 saturated heterocycles. The summed E-state index contributed by atoms with van der Waals surface area (Å²) in [5.41, 5.74) is 0. The van der Waals surface area contributed by atoms with E-state index in [4.69, 9.17) is 0 Å². The van der Waals surface area contributed by atoms with E-state index < -0.39 is 0 Å². The zero-order valence-corrected chi connectivity index (χ0v) is 12.7. The normalized spacial score (nSPS) is 21.9. The lowest BCUT2D eigenvalue weighted by Crippen LogP contribution is -2.51. The molecule has 2 rings (SSSR count). The third-order valence-electron chi connectivity index (χ3n) is 3.82. The summed E-state index contributed by atoms with van der Waals surface area (Å²) in [6.45, 7) is 9.25. The van der Waals surface area contributed by atoms with Crippen LogP contribution in [-0.4, -0.2) is 61.5 Å². The van der Waals surface area contributed by atoms with Gasteiger partial charge in [0.25, 0.3) is 0 Å². The fraction of sp³-hybridized carbons (Fsp3) is 0.917. The van der Waals surface area contributed by atoms with Crippen LogP contribution in [0.15, 0.2) is 0 Å². The van der Waals surface area contributed by atoms with Crippen LogP contribution in [0.3, 0.4) is 0 Å². The molecule has 0 bridgehead atoms. The average molecular weight is 298 g/mol. The van der Waals surface area contributed by atoms with Crippen LogP contribution in [0.2, 0.25) is 0 Å². The lowest BCUT2D eigenvalue weighted by atomic mass is 9.96. The van der Waals surface area contributed by atoms with Gasteiger partial charge in [-0.15, -0.1) is 24.8 Å². The Kier molecular flexibility index (Phi) is 8.95. The molecule has 0 unspecified atom stereocenters. The standard InChI is InChI=1S/C12H23N3O.2ClH/c1-2-14-7-9-15(10-8-14)12(16)11-3-5-13-6-4-11;;/h11,13H,2-10H2,1H3;2*1H. The van der Waals surface area contributed by atoms with Crippen molar-refractivity contribution < 1.29 is 4.79 Å². The molecule has 0 radical (unpaired) electrons. The Morgan fingerprint density at radius 1 is 1.11 bits per heavy atom. The minimum Gasteiger partial charge on any atom is -0.340 e. The molecule has 0 saturated carbocycles. The van der Waals surface area contributed by atoms with Crippen molar-refractivity contribution in [3.05, 3.63) is 0 Å². The van der Waals surface area contributed by atoms with Crippen LogP contribution in [0.4, 0.5) is 0 Å². The fourth-order valence-corrected chi connectivity index (χ4v) is 2.61. The first-order valence-corrected chi connectivity index (χ1v) is 6.53. The molecule has 0 atom stereocenters. The van der Waals surface area contributed by atoms with Crippen molar-refractivity contribution in [2.24, 2.45) is 5.92 Å². The summed E-state index contributed by atoms with van der Waals surface area (Å²) in [6.07, 6.45) is 2.04. The van der Waals surface area contributed by atoms with Gasteiger partial charge >= 0.3 is 0 Å². The van der Waals surface area contributed by atoms with Gasteiger partial charge in [0.05, 0.1) is 0 Å². The lowest BCUT2D eigenvalue weighted by molar-refractivity contribution is -0.138. The highest BCUT2D eigenvalue weighted by atomic mass is 35.5. The highest BCUT2D eigenvalue weighted by Gasteiger charge is 2.27. The molecule has 1 N–H and O–H groups in total. The number of piperidine rings is 1. The van der Waals surface area contributed by atoms with Crippen LogP contribution in [0.25, 0.3) is 0 Å². The molecule has 108 valence electrons. The number of hydrogen-bond donors (Lipinski definition) is 1. The first-order valence-electron chi connectivity index (χ1n) is 6.53. The number of nitrogens with one attached hydrogen (secondary N) is 1. The van der Waals surface area contributed by atoms with E-state index in [0.29, 0.717) is 5.91 Å². The molecule has 2 heterocycles. The molecule has 18 heavy (non-hydrogen) atoms. The van der Waals surface area contributed by atoms with Gasteiger partial charge in [-0.05, 0) is 32.5 Å². The number of carbonyl (C=O) groups excluding carboxylic acids is 1. The lowest BCUT2D eigenvalue weighted by Gasteiger charge is -2.36. The SMILES string of the molecule is CCN1CCN(C(=O)C2CCNCC2)CC1.Cl.Cl. The van der Waals surface area contributed by atoms with E-state index in [0.717, 1.165) is 58.7 Å². The molecule has 0 aromatic rings. The Morgan fingerprint density at radius 2 is 1.67 bits per heavy atom. The summed E-state index contributed by atoms with van der Waals surface area (Å²) in [4.78, 5) is 16.7. The Labute approximate surface area is 122 Å². The van der Waals surface area contributed by atoms with Crippen molar-refractivity contribution in [1.29, 1.82) is 0 Å². The highest BCUT2D eigenvalue weighted by Crippen LogP contribution is 2.16. The second-order valence-electron chi connectivity index (χ2n) is 4.78. The molecular formula is C12H25Cl2N3O. The van der Waals surface area contributed by atoms with E-state index in [1.54, 1.807) is 0 Å². The number of rotatable bonds is 2. The molecule has 0 spiro atoms. The number of halogens is 2. The van der Waals surface area contributed by atoms with Crippen molar-refractivity contribution in [1.82, 2.24) is 15.1 Å². The van der Waals surface area contributed by atoms with Gasteiger partial charge in [0.1, 0.15) is 0 Å². The molecule has 0 aromatic carbocycles. The van der Waals surface area contributed by atoms with Crippen LogP contribution in [0.5, 0.6) is 0 Å². The molecule has 0 aromatic heterocycles. The number of hydrogen-bond acceptors (Lipinski definition) is 3. The second kappa shape index (κ2) is 8.97. The number of carbonyl (C=O) groups is 1. The van der Waals surface area contributed by atoms with Gasteiger partial charge in [-0.25, -0.2) is 0 Å². The van der Waals surface area contributed by atoms with E-state index in [2.05, 4.69) is 22.0 Å². The van der Waals surface area contributed by atoms with Gasteiger partial charge in [0.15, 0.2) is 0 Å². The fourth-order valence-electron chi connectivity index (χ4n) is 2.61. The van der Waals surface area contributed by atoms with Gasteiger partial charge in [0, 0.05) is 32.1 Å². The largest absolute Gasteiger partial charge is 0.340 e. The summed E-state index contributed by atoms with van der Waals surface area (Å²) >= 11 is 0. The maximum absolute atomic E-state index is 12.2. The summed E-state index contributed by atoms with van der Waals surface area (Å²) in [6, 6.07) is 0. The van der Waals surface area contributed by atoms with Crippen LogP contribution in [0, 0.1) is 5.92 Å². The van der Waals surface area contributed by atoms with Gasteiger partial charge in [-0.1, -0.05) is 6.92 Å². The number of likely N-dealkylation sites (N-methyl/N-ethyl adjacent to an activating group) is 1. The van der Waals surface area contributed by atoms with Crippen LogP contribution in [-0.2, 0) is 4.79 Å². The van der Waals surface area contributed by atoms with Crippen molar-refractivity contribution in [2.45, 2.75) is 19.8 Å². The van der Waals surface area contributed by atoms with Crippen LogP contribution < -0.4 is 5.32 Å². The zero-order valence-electron chi connectivity index (χ0n) is 11.1. The topological polar surface area (TPSA) is 35.6 Å². The molecular weight excluding hydrogens is 273 g/mol. The predicted molar refractivity (Wildman–Crippen MR) is 78.8 cm³/mol. The van der Waals surface area contributed by atoms with Crippen molar-refractivity contribution >= 4 is 30.7 Å². The van der Waals surface area contributed by atoms with Crippen molar-refractivity contribution in [3.63, 3.8) is 0 Å². The molecule has 2 fully saturated rings. The Hall–Kier alpha value is -0.0300. The van der Waals surface area contributed by atoms with Gasteiger partial charge in [-0.2, -0.15) is 0 Å². The first kappa shape index (κ1) is 18.0. The van der Waals surface area contributed by atoms with Crippen LogP contribution >= 0.6 is 24.8 Å². The summed E-state index contributed by atoms with van der Waals surface area (Å²) in [5.74, 6) is 0.687. The number of piperazine rings is 1. The van der Waals surface area contributed by atoms with Gasteiger partial charge < -0.3 is 15.1 Å². The smallest absolute Gasteiger partial charge is 0.225 e. The Bertz CT molecular complexity index is 239. The Morgan fingerprint density at radius 3 is 2.17 bits per heavy atom. The maximum atomic E-state index is 12.2. The third kappa shape index (κ3) is 4.57. The summed E-state index contributed by atoms with van der Waals surface area (Å²) in [5, 5.41) is 3.31. The first-order chi connectivity index (χ1) is 7.81. The molecule has 6 heteroatoms. The van der Waals surface area contributed by atoms with Gasteiger partial charge in [0.2, 0.25) is 5.91 Å². The van der Waals surface area contributed by atoms with Gasteiger partial charge in [-0.3, -0.25) is 4.79 Å². The summed E-state index contributed by atoms with van der Waals surface area (Å²) < 4.78 is 0. The van der Waals surface area contributed by atoms with E-state index in [1.807, 2.05) is 0 Å². The predicted octanol–water partition coefficient (Wildman–Crippen LogP) is 0.994. The van der Waals surface area contributed by atoms with Crippen LogP contribution in [0.1, 0.15) is 19.8 Å². The molecule has 0 aliphatic carbocycles. The van der Waals surface area contributed by atoms with E-state index in [1.165, 1.54) is 0 Å². The molecule has 1 amide bonds. The van der Waals surface area contributed by atoms with E-state index >= 15 is 0 Å². The molecule has 2 aliphatic heterocycles. The average Bonchev–Trinajstić information content (AvgIpc) is 2.39. The maximum Gasteiger partial charge on any atom is 0.225 e. The third-order valence-corrected chi connectivity index (χ3v) is 3.82. The number of nitrogens with zero attached hydrogens (tertiary/aromatic N) is 2. The molecule has 4 nitrogen and oxygen atoms in total. The number of amides is 1. The minimum absolute atomic E-state index is 0. The quantitative estimate of drug-likeness (QED) is 0.826. The van der Waals surface area contributed by atoms with E-state index in [9.17, 15) is 4.79 Å². The summed E-state index contributed by atoms with van der Waals surface area (Å²) in [7, 11) is 0. The highest BCUT2D eigenvalue weighted by molar-refractivity contribution is 5.85. The molecule has 2 aliphatic rings.